The van der Waals surface area contributed by atoms with Gasteiger partial charge in [0.2, 0.25) is 0 Å². The number of benzene rings is 1. The van der Waals surface area contributed by atoms with Gasteiger partial charge in [0.05, 0.1) is 11.8 Å². The molecule has 4 heteroatoms. The van der Waals surface area contributed by atoms with Gasteiger partial charge in [-0.05, 0) is 24.6 Å². The first-order chi connectivity index (χ1) is 8.06. The Bertz CT molecular complexity index is 505. The Morgan fingerprint density at radius 2 is 2.00 bits per heavy atom. The van der Waals surface area contributed by atoms with Crippen molar-refractivity contribution in [2.24, 2.45) is 7.05 Å². The van der Waals surface area contributed by atoms with E-state index < -0.39 is 6.10 Å². The summed E-state index contributed by atoms with van der Waals surface area (Å²) in [6.07, 6.45) is 1.99. The second-order valence-corrected chi connectivity index (χ2v) is 5.11. The van der Waals surface area contributed by atoms with Gasteiger partial charge in [-0.1, -0.05) is 28.1 Å². The number of aromatic nitrogens is 2. The molecule has 2 rings (SSSR count). The normalized spacial score (nSPS) is 12.7. The van der Waals surface area contributed by atoms with Gasteiger partial charge in [0, 0.05) is 29.7 Å². The highest BCUT2D eigenvalue weighted by Crippen LogP contribution is 2.21. The lowest BCUT2D eigenvalue weighted by Gasteiger charge is -2.09. The lowest BCUT2D eigenvalue weighted by molar-refractivity contribution is 0.177. The van der Waals surface area contributed by atoms with Crippen molar-refractivity contribution in [1.29, 1.82) is 0 Å². The van der Waals surface area contributed by atoms with Crippen molar-refractivity contribution in [2.45, 2.75) is 19.4 Å². The largest absolute Gasteiger partial charge is 0.388 e. The first-order valence-electron chi connectivity index (χ1n) is 5.49. The molecule has 0 aliphatic heterocycles. The standard InChI is InChI=1S/C13H15BrN2O/c1-9-12(8-16(2)15-9)13(17)7-10-3-5-11(14)6-4-10/h3-6,8,13,17H,7H2,1-2H3. The van der Waals surface area contributed by atoms with Gasteiger partial charge in [-0.15, -0.1) is 0 Å². The molecule has 17 heavy (non-hydrogen) atoms. The molecule has 2 aromatic rings. The van der Waals surface area contributed by atoms with Crippen LogP contribution in [0.1, 0.15) is 22.9 Å². The number of aryl methyl sites for hydroxylation is 2. The fourth-order valence-electron chi connectivity index (χ4n) is 1.90. The van der Waals surface area contributed by atoms with E-state index in [-0.39, 0.29) is 0 Å². The number of hydrogen-bond acceptors (Lipinski definition) is 2. The summed E-state index contributed by atoms with van der Waals surface area (Å²) in [5.74, 6) is 0. The molecule has 0 fully saturated rings. The van der Waals surface area contributed by atoms with E-state index in [0.717, 1.165) is 21.3 Å². The molecular weight excluding hydrogens is 280 g/mol. The summed E-state index contributed by atoms with van der Waals surface area (Å²) < 4.78 is 2.78. The van der Waals surface area contributed by atoms with Crippen molar-refractivity contribution in [3.8, 4) is 0 Å². The van der Waals surface area contributed by atoms with Crippen LogP contribution in [-0.2, 0) is 13.5 Å². The summed E-state index contributed by atoms with van der Waals surface area (Å²) in [5.41, 5.74) is 2.90. The molecule has 0 aliphatic rings. The first-order valence-corrected chi connectivity index (χ1v) is 6.28. The van der Waals surface area contributed by atoms with E-state index in [1.54, 1.807) is 4.68 Å². The Morgan fingerprint density at radius 1 is 1.35 bits per heavy atom. The molecule has 0 bridgehead atoms. The van der Waals surface area contributed by atoms with E-state index in [1.165, 1.54) is 0 Å². The van der Waals surface area contributed by atoms with Crippen LogP contribution >= 0.6 is 15.9 Å². The monoisotopic (exact) mass is 294 g/mol. The zero-order valence-corrected chi connectivity index (χ0v) is 11.5. The molecule has 1 N–H and O–H groups in total. The summed E-state index contributed by atoms with van der Waals surface area (Å²) in [5, 5.41) is 14.4. The third-order valence-corrected chi connectivity index (χ3v) is 3.28. The maximum Gasteiger partial charge on any atom is 0.0863 e. The van der Waals surface area contributed by atoms with Crippen LogP contribution in [-0.4, -0.2) is 14.9 Å². The Hall–Kier alpha value is -1.13. The van der Waals surface area contributed by atoms with Gasteiger partial charge >= 0.3 is 0 Å². The quantitative estimate of drug-likeness (QED) is 0.945. The predicted molar refractivity (Wildman–Crippen MR) is 70.8 cm³/mol. The van der Waals surface area contributed by atoms with Crippen LogP contribution in [0.3, 0.4) is 0 Å². The molecule has 0 radical (unpaired) electrons. The van der Waals surface area contributed by atoms with Gasteiger partial charge < -0.3 is 5.11 Å². The summed E-state index contributed by atoms with van der Waals surface area (Å²) in [6, 6.07) is 7.99. The number of halogens is 1. The minimum Gasteiger partial charge on any atom is -0.388 e. The maximum absolute atomic E-state index is 10.2. The van der Waals surface area contributed by atoms with Crippen molar-refractivity contribution in [1.82, 2.24) is 9.78 Å². The summed E-state index contributed by atoms with van der Waals surface area (Å²) >= 11 is 3.40. The molecular formula is C13H15BrN2O. The van der Waals surface area contributed by atoms with Gasteiger partial charge in [0.1, 0.15) is 0 Å². The van der Waals surface area contributed by atoms with Gasteiger partial charge in [0.15, 0.2) is 0 Å². The predicted octanol–water partition coefficient (Wildman–Crippen LogP) is 2.77. The summed E-state index contributed by atoms with van der Waals surface area (Å²) in [4.78, 5) is 0. The average Bonchev–Trinajstić information content (AvgIpc) is 2.61. The van der Waals surface area contributed by atoms with E-state index >= 15 is 0 Å². The Balaban J connectivity index is 2.14. The Labute approximate surface area is 109 Å². The van der Waals surface area contributed by atoms with E-state index in [1.807, 2.05) is 44.4 Å². The molecule has 0 spiro atoms. The fourth-order valence-corrected chi connectivity index (χ4v) is 2.16. The number of aliphatic hydroxyl groups is 1. The Morgan fingerprint density at radius 3 is 2.53 bits per heavy atom. The highest BCUT2D eigenvalue weighted by atomic mass is 79.9. The highest BCUT2D eigenvalue weighted by molar-refractivity contribution is 9.10. The molecule has 1 aromatic heterocycles. The van der Waals surface area contributed by atoms with Gasteiger partial charge in [-0.25, -0.2) is 0 Å². The molecule has 1 heterocycles. The fraction of sp³-hybridized carbons (Fsp3) is 0.308. The first kappa shape index (κ1) is 12.3. The second-order valence-electron chi connectivity index (χ2n) is 4.19. The van der Waals surface area contributed by atoms with Crippen molar-refractivity contribution in [3.05, 3.63) is 51.8 Å². The lowest BCUT2D eigenvalue weighted by Crippen LogP contribution is -2.02. The van der Waals surface area contributed by atoms with E-state index in [9.17, 15) is 5.11 Å². The van der Waals surface area contributed by atoms with Gasteiger partial charge in [0.25, 0.3) is 0 Å². The van der Waals surface area contributed by atoms with Crippen molar-refractivity contribution >= 4 is 15.9 Å². The van der Waals surface area contributed by atoms with Crippen LogP contribution in [0.15, 0.2) is 34.9 Å². The maximum atomic E-state index is 10.2. The number of rotatable bonds is 3. The van der Waals surface area contributed by atoms with Crippen LogP contribution < -0.4 is 0 Å². The minimum absolute atomic E-state index is 0.495. The Kier molecular flexibility index (Phi) is 3.64. The SMILES string of the molecule is Cc1nn(C)cc1C(O)Cc1ccc(Br)cc1. The van der Waals surface area contributed by atoms with Crippen LogP contribution in [0.25, 0.3) is 0 Å². The number of hydrogen-bond donors (Lipinski definition) is 1. The van der Waals surface area contributed by atoms with E-state index in [2.05, 4.69) is 21.0 Å². The minimum atomic E-state index is -0.495. The highest BCUT2D eigenvalue weighted by Gasteiger charge is 2.13. The summed E-state index contributed by atoms with van der Waals surface area (Å²) in [6.45, 7) is 1.92. The van der Waals surface area contributed by atoms with E-state index in [0.29, 0.717) is 6.42 Å². The van der Waals surface area contributed by atoms with E-state index in [4.69, 9.17) is 0 Å². The zero-order chi connectivity index (χ0) is 12.4. The molecule has 1 atom stereocenters. The lowest BCUT2D eigenvalue weighted by atomic mass is 10.0. The molecule has 0 aliphatic carbocycles. The molecule has 1 aromatic carbocycles. The zero-order valence-electron chi connectivity index (χ0n) is 9.89. The third-order valence-electron chi connectivity index (χ3n) is 2.75. The van der Waals surface area contributed by atoms with Crippen LogP contribution in [0.4, 0.5) is 0 Å². The topological polar surface area (TPSA) is 38.0 Å². The molecule has 0 amide bonds. The molecule has 0 saturated carbocycles. The number of aliphatic hydroxyl groups excluding tert-OH is 1. The van der Waals surface area contributed by atoms with Crippen molar-refractivity contribution in [3.63, 3.8) is 0 Å². The van der Waals surface area contributed by atoms with Crippen LogP contribution in [0.2, 0.25) is 0 Å². The van der Waals surface area contributed by atoms with Crippen LogP contribution in [0, 0.1) is 6.92 Å². The molecule has 0 saturated heterocycles. The van der Waals surface area contributed by atoms with Gasteiger partial charge in [-0.3, -0.25) is 4.68 Å². The molecule has 3 nitrogen and oxygen atoms in total. The molecule has 1 unspecified atom stereocenters. The van der Waals surface area contributed by atoms with Crippen molar-refractivity contribution < 1.29 is 5.11 Å². The third kappa shape index (κ3) is 2.96. The van der Waals surface area contributed by atoms with Crippen LogP contribution in [0.5, 0.6) is 0 Å². The van der Waals surface area contributed by atoms with Gasteiger partial charge in [-0.2, -0.15) is 5.10 Å². The summed E-state index contributed by atoms with van der Waals surface area (Å²) in [7, 11) is 1.86. The van der Waals surface area contributed by atoms with Crippen molar-refractivity contribution in [2.75, 3.05) is 0 Å². The smallest absolute Gasteiger partial charge is 0.0863 e. The second kappa shape index (κ2) is 5.02. The average molecular weight is 295 g/mol. The number of nitrogens with zero attached hydrogens (tertiary/aromatic N) is 2. The molecule has 90 valence electrons.